The second-order valence-electron chi connectivity index (χ2n) is 6.21. The van der Waals surface area contributed by atoms with Gasteiger partial charge in [-0.25, -0.2) is 4.39 Å². The molecule has 1 heterocycles. The quantitative estimate of drug-likeness (QED) is 0.845. The van der Waals surface area contributed by atoms with Crippen LogP contribution in [0.4, 0.5) is 4.39 Å². The standard InChI is InChI=1S/C17H25FN2O2/c1-12-5-6-14(9-16(12)18)10-19-17(22)11-20-7-3-4-15(20)8-13(2)21/h5-6,9,13,15,21H,3-4,7-8,10-11H2,1-2H3,(H,19,22). The summed E-state index contributed by atoms with van der Waals surface area (Å²) in [5.74, 6) is -0.304. The van der Waals surface area contributed by atoms with Crippen molar-refractivity contribution in [3.05, 3.63) is 35.1 Å². The minimum atomic E-state index is -0.343. The highest BCUT2D eigenvalue weighted by atomic mass is 19.1. The van der Waals surface area contributed by atoms with Crippen LogP contribution in [-0.4, -0.2) is 41.1 Å². The van der Waals surface area contributed by atoms with Crippen LogP contribution in [-0.2, 0) is 11.3 Å². The van der Waals surface area contributed by atoms with E-state index in [2.05, 4.69) is 10.2 Å². The number of aryl methyl sites for hydroxylation is 1. The maximum Gasteiger partial charge on any atom is 0.234 e. The summed E-state index contributed by atoms with van der Waals surface area (Å²) < 4.78 is 13.5. The fourth-order valence-corrected chi connectivity index (χ4v) is 2.95. The molecule has 0 bridgehead atoms. The highest BCUT2D eigenvalue weighted by molar-refractivity contribution is 5.78. The number of halogens is 1. The van der Waals surface area contributed by atoms with E-state index < -0.39 is 0 Å². The second-order valence-corrected chi connectivity index (χ2v) is 6.21. The van der Waals surface area contributed by atoms with Crippen LogP contribution in [0.5, 0.6) is 0 Å². The number of aliphatic hydroxyl groups excluding tert-OH is 1. The Hall–Kier alpha value is -1.46. The van der Waals surface area contributed by atoms with E-state index in [0.717, 1.165) is 24.9 Å². The molecule has 2 unspecified atom stereocenters. The summed E-state index contributed by atoms with van der Waals surface area (Å²) in [6.07, 6.45) is 2.45. The molecule has 1 aromatic rings. The summed E-state index contributed by atoms with van der Waals surface area (Å²) in [6, 6.07) is 5.28. The van der Waals surface area contributed by atoms with Crippen LogP contribution < -0.4 is 5.32 Å². The molecule has 122 valence electrons. The topological polar surface area (TPSA) is 52.6 Å². The van der Waals surface area contributed by atoms with E-state index in [1.54, 1.807) is 19.9 Å². The normalized spacial score (nSPS) is 20.1. The Balaban J connectivity index is 1.81. The Kier molecular flexibility index (Phi) is 5.91. The van der Waals surface area contributed by atoms with Crippen molar-refractivity contribution in [1.82, 2.24) is 10.2 Å². The molecule has 0 saturated carbocycles. The van der Waals surface area contributed by atoms with Crippen molar-refractivity contribution in [3.8, 4) is 0 Å². The predicted octanol–water partition coefficient (Wildman–Crippen LogP) is 1.99. The molecule has 4 nitrogen and oxygen atoms in total. The second kappa shape index (κ2) is 7.70. The van der Waals surface area contributed by atoms with Gasteiger partial charge in [-0.05, 0) is 56.8 Å². The van der Waals surface area contributed by atoms with E-state index in [1.165, 1.54) is 6.07 Å². The highest BCUT2D eigenvalue weighted by Gasteiger charge is 2.26. The third kappa shape index (κ3) is 4.78. The lowest BCUT2D eigenvalue weighted by atomic mass is 10.1. The lowest BCUT2D eigenvalue weighted by Gasteiger charge is -2.24. The number of rotatable bonds is 6. The molecule has 0 aromatic heterocycles. The van der Waals surface area contributed by atoms with E-state index in [1.807, 2.05) is 6.07 Å². The molecule has 1 aliphatic heterocycles. The first-order valence-corrected chi connectivity index (χ1v) is 7.89. The Labute approximate surface area is 131 Å². The Bertz CT molecular complexity index is 519. The molecule has 0 spiro atoms. The minimum Gasteiger partial charge on any atom is -0.393 e. The van der Waals surface area contributed by atoms with Gasteiger partial charge in [0, 0.05) is 12.6 Å². The van der Waals surface area contributed by atoms with E-state index in [-0.39, 0.29) is 23.9 Å². The van der Waals surface area contributed by atoms with Gasteiger partial charge in [-0.2, -0.15) is 0 Å². The number of aliphatic hydroxyl groups is 1. The maximum atomic E-state index is 13.5. The van der Waals surface area contributed by atoms with Gasteiger partial charge in [-0.15, -0.1) is 0 Å². The van der Waals surface area contributed by atoms with E-state index in [0.29, 0.717) is 25.1 Å². The molecule has 22 heavy (non-hydrogen) atoms. The fraction of sp³-hybridized carbons (Fsp3) is 0.588. The molecule has 1 aliphatic rings. The molecule has 2 N–H and O–H groups in total. The molecular formula is C17H25FN2O2. The van der Waals surface area contributed by atoms with Crippen LogP contribution in [0.15, 0.2) is 18.2 Å². The number of carbonyl (C=O) groups excluding carboxylic acids is 1. The van der Waals surface area contributed by atoms with Crippen molar-refractivity contribution < 1.29 is 14.3 Å². The first kappa shape index (κ1) is 16.9. The molecule has 1 fully saturated rings. The Morgan fingerprint density at radius 2 is 2.32 bits per heavy atom. The maximum absolute atomic E-state index is 13.5. The van der Waals surface area contributed by atoms with Crippen molar-refractivity contribution in [2.24, 2.45) is 0 Å². The van der Waals surface area contributed by atoms with Crippen molar-refractivity contribution in [3.63, 3.8) is 0 Å². The Morgan fingerprint density at radius 1 is 1.55 bits per heavy atom. The monoisotopic (exact) mass is 308 g/mol. The van der Waals surface area contributed by atoms with Crippen molar-refractivity contribution in [2.75, 3.05) is 13.1 Å². The van der Waals surface area contributed by atoms with Crippen molar-refractivity contribution in [2.45, 2.75) is 51.8 Å². The number of hydrogen-bond acceptors (Lipinski definition) is 3. The molecule has 1 saturated heterocycles. The highest BCUT2D eigenvalue weighted by Crippen LogP contribution is 2.20. The lowest BCUT2D eigenvalue weighted by molar-refractivity contribution is -0.122. The third-order valence-electron chi connectivity index (χ3n) is 4.18. The van der Waals surface area contributed by atoms with E-state index >= 15 is 0 Å². The number of nitrogens with one attached hydrogen (secondary N) is 1. The van der Waals surface area contributed by atoms with Crippen LogP contribution >= 0.6 is 0 Å². The lowest BCUT2D eigenvalue weighted by Crippen LogP contribution is -2.40. The number of amides is 1. The zero-order valence-electron chi connectivity index (χ0n) is 13.3. The number of hydrogen-bond donors (Lipinski definition) is 2. The zero-order valence-corrected chi connectivity index (χ0v) is 13.3. The first-order valence-electron chi connectivity index (χ1n) is 7.89. The van der Waals surface area contributed by atoms with Gasteiger partial charge in [0.2, 0.25) is 5.91 Å². The summed E-state index contributed by atoms with van der Waals surface area (Å²) >= 11 is 0. The van der Waals surface area contributed by atoms with Crippen LogP contribution in [0, 0.1) is 12.7 Å². The molecule has 0 aliphatic carbocycles. The van der Waals surface area contributed by atoms with Gasteiger partial charge in [-0.3, -0.25) is 9.69 Å². The largest absolute Gasteiger partial charge is 0.393 e. The number of carbonyl (C=O) groups is 1. The van der Waals surface area contributed by atoms with Gasteiger partial charge in [-0.1, -0.05) is 12.1 Å². The van der Waals surface area contributed by atoms with Gasteiger partial charge in [0.25, 0.3) is 0 Å². The minimum absolute atomic E-state index is 0.0570. The molecule has 2 atom stereocenters. The number of nitrogens with zero attached hydrogens (tertiary/aromatic N) is 1. The molecule has 5 heteroatoms. The van der Waals surface area contributed by atoms with Gasteiger partial charge < -0.3 is 10.4 Å². The summed E-state index contributed by atoms with van der Waals surface area (Å²) in [5.41, 5.74) is 1.37. The molecule has 2 rings (SSSR count). The summed E-state index contributed by atoms with van der Waals surface area (Å²) in [5, 5.41) is 12.3. The summed E-state index contributed by atoms with van der Waals surface area (Å²) in [6.45, 7) is 5.07. The third-order valence-corrected chi connectivity index (χ3v) is 4.18. The summed E-state index contributed by atoms with van der Waals surface area (Å²) in [7, 11) is 0. The average Bonchev–Trinajstić information content (AvgIpc) is 2.86. The van der Waals surface area contributed by atoms with Gasteiger partial charge in [0.1, 0.15) is 5.82 Å². The van der Waals surface area contributed by atoms with E-state index in [4.69, 9.17) is 0 Å². The van der Waals surface area contributed by atoms with Crippen molar-refractivity contribution in [1.29, 1.82) is 0 Å². The zero-order chi connectivity index (χ0) is 16.1. The predicted molar refractivity (Wildman–Crippen MR) is 83.9 cm³/mol. The summed E-state index contributed by atoms with van der Waals surface area (Å²) in [4.78, 5) is 14.2. The SMILES string of the molecule is Cc1ccc(CNC(=O)CN2CCCC2CC(C)O)cc1F. The van der Waals surface area contributed by atoms with Crippen LogP contribution in [0.2, 0.25) is 0 Å². The van der Waals surface area contributed by atoms with Crippen LogP contribution in [0.1, 0.15) is 37.3 Å². The first-order chi connectivity index (χ1) is 10.5. The van der Waals surface area contributed by atoms with Crippen LogP contribution in [0.25, 0.3) is 0 Å². The van der Waals surface area contributed by atoms with Crippen molar-refractivity contribution >= 4 is 5.91 Å². The Morgan fingerprint density at radius 3 is 3.00 bits per heavy atom. The smallest absolute Gasteiger partial charge is 0.234 e. The van der Waals surface area contributed by atoms with Gasteiger partial charge >= 0.3 is 0 Å². The van der Waals surface area contributed by atoms with Gasteiger partial charge in [0.15, 0.2) is 0 Å². The number of benzene rings is 1. The van der Waals surface area contributed by atoms with Gasteiger partial charge in [0.05, 0.1) is 12.6 Å². The fourth-order valence-electron chi connectivity index (χ4n) is 2.95. The molecule has 1 aromatic carbocycles. The molecular weight excluding hydrogens is 283 g/mol. The van der Waals surface area contributed by atoms with Crippen LogP contribution in [0.3, 0.4) is 0 Å². The van der Waals surface area contributed by atoms with E-state index in [9.17, 15) is 14.3 Å². The molecule has 0 radical (unpaired) electrons. The average molecular weight is 308 g/mol. The molecule has 1 amide bonds. The number of likely N-dealkylation sites (tertiary alicyclic amines) is 1.